The van der Waals surface area contributed by atoms with Crippen LogP contribution in [0.4, 0.5) is 24.9 Å². The zero-order chi connectivity index (χ0) is 33.5. The number of carboxylic acids is 1. The quantitative estimate of drug-likeness (QED) is 0.209. The van der Waals surface area contributed by atoms with Crippen molar-refractivity contribution in [2.45, 2.75) is 64.3 Å². The maximum Gasteiger partial charge on any atom is 0.429 e. The Hall–Kier alpha value is -4.65. The number of piperidine rings is 1. The summed E-state index contributed by atoms with van der Waals surface area (Å²) in [6, 6.07) is 15.2. The fraction of sp³-hybridized carbons (Fsp3) is 0.412. The first-order chi connectivity index (χ1) is 22.3. The molecule has 4 aromatic rings. The van der Waals surface area contributed by atoms with Crippen molar-refractivity contribution in [1.29, 1.82) is 0 Å². The number of nitrogens with zero attached hydrogens (tertiary/aromatic N) is 5. The Morgan fingerprint density at radius 1 is 1.09 bits per heavy atom. The zero-order valence-electron chi connectivity index (χ0n) is 26.5. The number of aromatic nitrogens is 4. The van der Waals surface area contributed by atoms with E-state index in [9.17, 15) is 23.1 Å². The second-order valence-corrected chi connectivity index (χ2v) is 12.9. The van der Waals surface area contributed by atoms with Gasteiger partial charge in [0.2, 0.25) is 17.9 Å². The van der Waals surface area contributed by atoms with E-state index in [4.69, 9.17) is 10.5 Å². The smallest absolute Gasteiger partial charge is 0.429 e. The number of aryl methyl sites for hydroxylation is 1. The molecule has 248 valence electrons. The van der Waals surface area contributed by atoms with Crippen molar-refractivity contribution in [3.63, 3.8) is 0 Å². The number of aliphatic carboxylic acids is 1. The summed E-state index contributed by atoms with van der Waals surface area (Å²) in [5, 5.41) is 16.9. The van der Waals surface area contributed by atoms with E-state index in [-0.39, 0.29) is 34.4 Å². The average Bonchev–Trinajstić information content (AvgIpc) is 3.66. The minimum Gasteiger partial charge on any atom is -0.480 e. The number of carboxylic acid groups (broad SMARTS) is 1. The third kappa shape index (κ3) is 6.90. The molecule has 2 aromatic carbocycles. The third-order valence-electron chi connectivity index (χ3n) is 9.22. The monoisotopic (exact) mass is 649 g/mol. The fourth-order valence-electron chi connectivity index (χ4n) is 6.53. The molecule has 47 heavy (non-hydrogen) atoms. The minimum atomic E-state index is -4.82. The molecule has 1 spiro atoms. The van der Waals surface area contributed by atoms with E-state index in [2.05, 4.69) is 34.2 Å². The first-order valence-corrected chi connectivity index (χ1v) is 15.7. The van der Waals surface area contributed by atoms with Gasteiger partial charge in [0, 0.05) is 37.5 Å². The number of carbonyl (C=O) groups is 1. The Kier molecular flexibility index (Phi) is 8.60. The highest BCUT2D eigenvalue weighted by Gasteiger charge is 2.46. The van der Waals surface area contributed by atoms with Crippen LogP contribution < -0.4 is 20.7 Å². The number of benzene rings is 2. The Balaban J connectivity index is 1.31. The Bertz CT molecular complexity index is 1770. The van der Waals surface area contributed by atoms with Crippen molar-refractivity contribution < 1.29 is 27.8 Å². The molecular formula is C34H38F3N7O3. The molecule has 0 bridgehead atoms. The number of hydrogen-bond acceptors (Lipinski definition) is 8. The van der Waals surface area contributed by atoms with Crippen LogP contribution in [-0.2, 0) is 4.79 Å². The van der Waals surface area contributed by atoms with Gasteiger partial charge in [-0.25, -0.2) is 4.68 Å². The summed E-state index contributed by atoms with van der Waals surface area (Å²) in [6.45, 7) is 7.62. The zero-order valence-corrected chi connectivity index (χ0v) is 26.5. The van der Waals surface area contributed by atoms with Crippen molar-refractivity contribution in [2.24, 2.45) is 5.41 Å². The third-order valence-corrected chi connectivity index (χ3v) is 9.22. The lowest BCUT2D eigenvalue weighted by Crippen LogP contribution is -2.41. The summed E-state index contributed by atoms with van der Waals surface area (Å²) in [6.07, 6.45) is -3.64. The summed E-state index contributed by atoms with van der Waals surface area (Å²) in [5.74, 6) is -0.747. The predicted molar refractivity (Wildman–Crippen MR) is 172 cm³/mol. The van der Waals surface area contributed by atoms with Crippen molar-refractivity contribution >= 4 is 17.7 Å². The molecule has 10 nitrogen and oxygen atoms in total. The average molecular weight is 650 g/mol. The molecule has 0 aliphatic carbocycles. The van der Waals surface area contributed by atoms with Gasteiger partial charge in [0.15, 0.2) is 0 Å². The first kappa shape index (κ1) is 32.3. The summed E-state index contributed by atoms with van der Waals surface area (Å²) in [7, 11) is 0. The standard InChI is InChI=1S/C34H38F3N7O3/c1-20(2)22-5-4-6-23(15-22)24-7-8-25(27(16-24)44-12-9-21(3)42-44)30(34(35,36)37)47-29-17-28(40-32(38)41-29)43-13-10-33(11-14-43)18-26(31(45)46)39-19-33/h4-9,12,15-17,20,26,30,39H,10-11,13-14,18-19H2,1-3H3,(H,45,46)(H2,38,40,41)/t26-,30+/m0/s1. The molecule has 0 radical (unpaired) electrons. The molecule has 2 saturated heterocycles. The van der Waals surface area contributed by atoms with Crippen molar-refractivity contribution in [2.75, 3.05) is 30.3 Å². The molecule has 2 aromatic heterocycles. The molecule has 2 atom stereocenters. The van der Waals surface area contributed by atoms with Gasteiger partial charge in [-0.05, 0) is 66.3 Å². The van der Waals surface area contributed by atoms with Crippen molar-refractivity contribution in [3.05, 3.63) is 77.6 Å². The molecule has 0 saturated carbocycles. The summed E-state index contributed by atoms with van der Waals surface area (Å²) in [4.78, 5) is 21.7. The molecule has 2 fully saturated rings. The number of hydrogen-bond donors (Lipinski definition) is 3. The normalized spacial score (nSPS) is 18.5. The van der Waals surface area contributed by atoms with Crippen LogP contribution in [0.15, 0.2) is 60.8 Å². The van der Waals surface area contributed by atoms with Crippen molar-refractivity contribution in [3.8, 4) is 22.7 Å². The maximum atomic E-state index is 14.9. The second kappa shape index (κ2) is 12.5. The first-order valence-electron chi connectivity index (χ1n) is 15.7. The maximum absolute atomic E-state index is 14.9. The second-order valence-electron chi connectivity index (χ2n) is 12.9. The van der Waals surface area contributed by atoms with E-state index in [0.717, 1.165) is 16.7 Å². The Morgan fingerprint density at radius 3 is 2.47 bits per heavy atom. The summed E-state index contributed by atoms with van der Waals surface area (Å²) >= 11 is 0. The molecule has 13 heteroatoms. The number of nitrogens with one attached hydrogen (secondary N) is 1. The van der Waals surface area contributed by atoms with Crippen LogP contribution >= 0.6 is 0 Å². The number of halogens is 3. The highest BCUT2D eigenvalue weighted by Crippen LogP contribution is 2.43. The highest BCUT2D eigenvalue weighted by molar-refractivity contribution is 5.74. The molecule has 2 aliphatic rings. The van der Waals surface area contributed by atoms with Crippen LogP contribution in [-0.4, -0.2) is 62.7 Å². The van der Waals surface area contributed by atoms with Crippen molar-refractivity contribution in [1.82, 2.24) is 25.1 Å². The number of ether oxygens (including phenoxy) is 1. The summed E-state index contributed by atoms with van der Waals surface area (Å²) in [5.41, 5.74) is 9.32. The van der Waals surface area contributed by atoms with Crippen LogP contribution in [0.2, 0.25) is 0 Å². The number of rotatable bonds is 8. The fourth-order valence-corrected chi connectivity index (χ4v) is 6.53. The molecule has 4 heterocycles. The van der Waals surface area contributed by atoms with E-state index in [1.54, 1.807) is 31.3 Å². The van der Waals surface area contributed by atoms with Crippen LogP contribution in [0.5, 0.6) is 5.88 Å². The van der Waals surface area contributed by atoms with E-state index in [1.165, 1.54) is 16.8 Å². The SMILES string of the molecule is Cc1ccn(-c2cc(-c3cccc(C(C)C)c3)ccc2[C@@H](Oc2cc(N3CCC4(CC3)CN[C@H](C(=O)O)C4)nc(N)n2)C(F)(F)F)n1. The van der Waals surface area contributed by atoms with Gasteiger partial charge < -0.3 is 25.8 Å². The molecular weight excluding hydrogens is 611 g/mol. The van der Waals surface area contributed by atoms with Gasteiger partial charge in [0.25, 0.3) is 0 Å². The summed E-state index contributed by atoms with van der Waals surface area (Å²) < 4.78 is 51.8. The van der Waals surface area contributed by atoms with Gasteiger partial charge in [0.1, 0.15) is 11.9 Å². The molecule has 4 N–H and O–H groups in total. The Morgan fingerprint density at radius 2 is 1.83 bits per heavy atom. The van der Waals surface area contributed by atoms with E-state index in [0.29, 0.717) is 50.4 Å². The number of nitrogens with two attached hydrogens (primary N) is 1. The van der Waals surface area contributed by atoms with Crippen LogP contribution in [0.25, 0.3) is 16.8 Å². The largest absolute Gasteiger partial charge is 0.480 e. The van der Waals surface area contributed by atoms with Crippen LogP contribution in [0.1, 0.15) is 62.0 Å². The Labute approximate surface area is 270 Å². The lowest BCUT2D eigenvalue weighted by atomic mass is 9.76. The number of anilines is 2. The topological polar surface area (TPSA) is 131 Å². The van der Waals surface area contributed by atoms with E-state index >= 15 is 0 Å². The van der Waals surface area contributed by atoms with Gasteiger partial charge in [-0.1, -0.05) is 50.2 Å². The van der Waals surface area contributed by atoms with Gasteiger partial charge in [0.05, 0.1) is 11.4 Å². The highest BCUT2D eigenvalue weighted by atomic mass is 19.4. The van der Waals surface area contributed by atoms with E-state index in [1.807, 2.05) is 29.2 Å². The van der Waals surface area contributed by atoms with Crippen LogP contribution in [0.3, 0.4) is 0 Å². The van der Waals surface area contributed by atoms with Gasteiger partial charge in [-0.15, -0.1) is 0 Å². The lowest BCUT2D eigenvalue weighted by Gasteiger charge is -2.39. The van der Waals surface area contributed by atoms with E-state index < -0.39 is 24.3 Å². The molecule has 0 amide bonds. The molecule has 6 rings (SSSR count). The minimum absolute atomic E-state index is 0.135. The number of alkyl halides is 3. The lowest BCUT2D eigenvalue weighted by molar-refractivity contribution is -0.198. The molecule has 0 unspecified atom stereocenters. The van der Waals surface area contributed by atoms with Gasteiger partial charge in [-0.2, -0.15) is 28.2 Å². The molecule has 2 aliphatic heterocycles. The van der Waals surface area contributed by atoms with Gasteiger partial charge >= 0.3 is 12.1 Å². The number of nitrogen functional groups attached to an aromatic ring is 1. The van der Waals surface area contributed by atoms with Crippen LogP contribution in [0, 0.1) is 12.3 Å². The van der Waals surface area contributed by atoms with Gasteiger partial charge in [-0.3, -0.25) is 4.79 Å². The predicted octanol–water partition coefficient (Wildman–Crippen LogP) is 6.06.